The number of rotatable bonds is 4. The average molecular weight is 432 g/mol. The van der Waals surface area contributed by atoms with E-state index in [4.69, 9.17) is 11.6 Å². The van der Waals surface area contributed by atoms with Gasteiger partial charge in [0.1, 0.15) is 0 Å². The van der Waals surface area contributed by atoms with Crippen LogP contribution in [0.4, 0.5) is 5.69 Å². The van der Waals surface area contributed by atoms with Crippen molar-refractivity contribution in [2.24, 2.45) is 0 Å². The van der Waals surface area contributed by atoms with Gasteiger partial charge in [0.25, 0.3) is 5.91 Å². The van der Waals surface area contributed by atoms with Gasteiger partial charge in [0, 0.05) is 48.8 Å². The summed E-state index contributed by atoms with van der Waals surface area (Å²) in [6.45, 7) is 3.80. The number of carbonyl (C=O) groups is 2. The molecule has 0 aliphatic carbocycles. The van der Waals surface area contributed by atoms with E-state index < -0.39 is 0 Å². The predicted octanol–water partition coefficient (Wildman–Crippen LogP) is 3.81. The molecule has 0 spiro atoms. The third-order valence-corrected chi connectivity index (χ3v) is 6.42. The van der Waals surface area contributed by atoms with Crippen LogP contribution in [0.2, 0.25) is 5.02 Å². The van der Waals surface area contributed by atoms with Crippen LogP contribution in [-0.2, 0) is 4.79 Å². The largest absolute Gasteiger partial charge is 0.336 e. The van der Waals surface area contributed by atoms with Crippen LogP contribution >= 0.6 is 35.8 Å². The smallest absolute Gasteiger partial charge is 0.255 e. The van der Waals surface area contributed by atoms with Crippen molar-refractivity contribution >= 4 is 53.3 Å². The molecular weight excluding hydrogens is 405 g/mol. The fourth-order valence-electron chi connectivity index (χ4n) is 3.51. The average Bonchev–Trinajstić information content (AvgIpc) is 2.62. The molecule has 27 heavy (non-hydrogen) atoms. The highest BCUT2D eigenvalue weighted by Gasteiger charge is 2.25. The zero-order chi connectivity index (χ0) is 18.5. The number of likely N-dealkylation sites (tertiary alicyclic amines) is 1. The van der Waals surface area contributed by atoms with Crippen LogP contribution < -0.4 is 10.6 Å². The highest BCUT2D eigenvalue weighted by atomic mass is 35.5. The second kappa shape index (κ2) is 10.6. The number of piperidine rings is 1. The Labute approximate surface area is 176 Å². The Morgan fingerprint density at radius 2 is 2.19 bits per heavy atom. The number of nitrogens with one attached hydrogen (secondary N) is 2. The number of halogens is 2. The van der Waals surface area contributed by atoms with E-state index >= 15 is 0 Å². The monoisotopic (exact) mass is 431 g/mol. The SMILES string of the molecule is CC1CCCCN1C(=O)c1ccc(NC(=O)CC2CSCCN2)cc1Cl.Cl. The predicted molar refractivity (Wildman–Crippen MR) is 115 cm³/mol. The number of benzene rings is 1. The van der Waals surface area contributed by atoms with Crippen LogP contribution in [0.1, 0.15) is 43.0 Å². The Bertz CT molecular complexity index is 668. The van der Waals surface area contributed by atoms with Crippen LogP contribution in [-0.4, -0.2) is 53.4 Å². The van der Waals surface area contributed by atoms with Crippen molar-refractivity contribution in [3.63, 3.8) is 0 Å². The first kappa shape index (κ1) is 22.3. The maximum atomic E-state index is 12.8. The standard InChI is InChI=1S/C19H26ClN3O2S.ClH/c1-13-4-2-3-8-23(13)19(25)16-6-5-14(10-17(16)20)22-18(24)11-15-12-26-9-7-21-15;/h5-6,10,13,15,21H,2-4,7-9,11-12H2,1H3,(H,22,24);1H. The Morgan fingerprint density at radius 1 is 1.37 bits per heavy atom. The molecule has 2 fully saturated rings. The van der Waals surface area contributed by atoms with Crippen molar-refractivity contribution in [1.29, 1.82) is 0 Å². The molecule has 2 saturated heterocycles. The number of hydrogen-bond acceptors (Lipinski definition) is 4. The van der Waals surface area contributed by atoms with Crippen molar-refractivity contribution in [1.82, 2.24) is 10.2 Å². The zero-order valence-electron chi connectivity index (χ0n) is 15.5. The molecule has 2 heterocycles. The maximum Gasteiger partial charge on any atom is 0.255 e. The molecule has 0 bridgehead atoms. The van der Waals surface area contributed by atoms with Crippen LogP contribution in [0.15, 0.2) is 18.2 Å². The highest BCUT2D eigenvalue weighted by Crippen LogP contribution is 2.26. The van der Waals surface area contributed by atoms with Gasteiger partial charge in [0.15, 0.2) is 0 Å². The second-order valence-electron chi connectivity index (χ2n) is 7.02. The van der Waals surface area contributed by atoms with Crippen LogP contribution in [0.3, 0.4) is 0 Å². The van der Waals surface area contributed by atoms with E-state index in [1.165, 1.54) is 0 Å². The fraction of sp³-hybridized carbons (Fsp3) is 0.579. The topological polar surface area (TPSA) is 61.4 Å². The number of anilines is 1. The molecular formula is C19H27Cl2N3O2S. The molecule has 3 rings (SSSR count). The van der Waals surface area contributed by atoms with E-state index in [-0.39, 0.29) is 36.3 Å². The maximum absolute atomic E-state index is 12.8. The van der Waals surface area contributed by atoms with Gasteiger partial charge in [-0.25, -0.2) is 0 Å². The Morgan fingerprint density at radius 3 is 2.85 bits per heavy atom. The normalized spacial score (nSPS) is 22.7. The van der Waals surface area contributed by atoms with Crippen molar-refractivity contribution in [3.05, 3.63) is 28.8 Å². The first-order valence-electron chi connectivity index (χ1n) is 9.26. The molecule has 2 aliphatic rings. The van der Waals surface area contributed by atoms with E-state index in [1.54, 1.807) is 18.2 Å². The molecule has 1 aromatic rings. The van der Waals surface area contributed by atoms with Gasteiger partial charge in [-0.05, 0) is 44.4 Å². The lowest BCUT2D eigenvalue weighted by Gasteiger charge is -2.33. The first-order valence-corrected chi connectivity index (χ1v) is 10.8. The quantitative estimate of drug-likeness (QED) is 0.760. The minimum Gasteiger partial charge on any atom is -0.336 e. The van der Waals surface area contributed by atoms with Gasteiger partial charge in [0.05, 0.1) is 10.6 Å². The van der Waals surface area contributed by atoms with Crippen molar-refractivity contribution in [2.75, 3.05) is 29.9 Å². The molecule has 2 aliphatic heterocycles. The number of carbonyl (C=O) groups excluding carboxylic acids is 2. The summed E-state index contributed by atoms with van der Waals surface area (Å²) in [5.74, 6) is 1.99. The summed E-state index contributed by atoms with van der Waals surface area (Å²) in [4.78, 5) is 26.9. The van der Waals surface area contributed by atoms with Gasteiger partial charge in [-0.2, -0.15) is 11.8 Å². The molecule has 0 radical (unpaired) electrons. The number of nitrogens with zero attached hydrogens (tertiary/aromatic N) is 1. The van der Waals surface area contributed by atoms with Gasteiger partial charge >= 0.3 is 0 Å². The number of amides is 2. The Kier molecular flexibility index (Phi) is 8.73. The van der Waals surface area contributed by atoms with Gasteiger partial charge in [-0.15, -0.1) is 12.4 Å². The summed E-state index contributed by atoms with van der Waals surface area (Å²) in [5, 5.41) is 6.63. The molecule has 1 aromatic carbocycles. The zero-order valence-corrected chi connectivity index (χ0v) is 17.9. The fourth-order valence-corrected chi connectivity index (χ4v) is 4.72. The van der Waals surface area contributed by atoms with E-state index in [2.05, 4.69) is 17.6 Å². The molecule has 150 valence electrons. The van der Waals surface area contributed by atoms with Crippen LogP contribution in [0, 0.1) is 0 Å². The summed E-state index contributed by atoms with van der Waals surface area (Å²) < 4.78 is 0. The van der Waals surface area contributed by atoms with Gasteiger partial charge in [-0.3, -0.25) is 9.59 Å². The second-order valence-corrected chi connectivity index (χ2v) is 8.57. The van der Waals surface area contributed by atoms with Gasteiger partial charge in [0.2, 0.25) is 5.91 Å². The third kappa shape index (κ3) is 6.01. The molecule has 2 atom stereocenters. The first-order chi connectivity index (χ1) is 12.5. The third-order valence-electron chi connectivity index (χ3n) is 4.98. The van der Waals surface area contributed by atoms with E-state index in [9.17, 15) is 9.59 Å². The lowest BCUT2D eigenvalue weighted by Crippen LogP contribution is -2.42. The number of thioether (sulfide) groups is 1. The summed E-state index contributed by atoms with van der Waals surface area (Å²) in [6, 6.07) is 5.60. The number of hydrogen-bond donors (Lipinski definition) is 2. The highest BCUT2D eigenvalue weighted by molar-refractivity contribution is 7.99. The summed E-state index contributed by atoms with van der Waals surface area (Å²) in [6.07, 6.45) is 3.68. The molecule has 2 amide bonds. The van der Waals surface area contributed by atoms with E-state index in [0.717, 1.165) is 43.9 Å². The molecule has 2 N–H and O–H groups in total. The van der Waals surface area contributed by atoms with Gasteiger partial charge < -0.3 is 15.5 Å². The molecule has 8 heteroatoms. The van der Waals surface area contributed by atoms with Crippen LogP contribution in [0.5, 0.6) is 0 Å². The van der Waals surface area contributed by atoms with Crippen molar-refractivity contribution in [2.45, 2.75) is 44.7 Å². The summed E-state index contributed by atoms with van der Waals surface area (Å²) in [5.41, 5.74) is 1.13. The lowest BCUT2D eigenvalue weighted by molar-refractivity contribution is -0.116. The minimum atomic E-state index is -0.0372. The van der Waals surface area contributed by atoms with Crippen molar-refractivity contribution < 1.29 is 9.59 Å². The Balaban J connectivity index is 0.00000261. The molecule has 0 saturated carbocycles. The molecule has 2 unspecified atom stereocenters. The minimum absolute atomic E-state index is 0. The van der Waals surface area contributed by atoms with Crippen molar-refractivity contribution in [3.8, 4) is 0 Å². The summed E-state index contributed by atoms with van der Waals surface area (Å²) in [7, 11) is 0. The lowest BCUT2D eigenvalue weighted by atomic mass is 10.0. The molecule has 5 nitrogen and oxygen atoms in total. The van der Waals surface area contributed by atoms with E-state index in [0.29, 0.717) is 22.7 Å². The van der Waals surface area contributed by atoms with E-state index in [1.807, 2.05) is 16.7 Å². The molecule has 0 aromatic heterocycles. The Hall–Kier alpha value is -0.950. The van der Waals surface area contributed by atoms with Gasteiger partial charge in [-0.1, -0.05) is 11.6 Å². The van der Waals surface area contributed by atoms with Crippen LogP contribution in [0.25, 0.3) is 0 Å². The summed E-state index contributed by atoms with van der Waals surface area (Å²) >= 11 is 8.22.